The molecule has 4 saturated carbocycles. The molecule has 4 fully saturated rings. The van der Waals surface area contributed by atoms with Crippen molar-refractivity contribution in [2.45, 2.75) is 77.7 Å². The molecule has 0 spiro atoms. The maximum absolute atomic E-state index is 12.4. The number of fused-ring (bicyclic) bond motifs is 5. The topological polar surface area (TPSA) is 37.3 Å². The monoisotopic (exact) mass is 290 g/mol. The zero-order valence-electron chi connectivity index (χ0n) is 13.6. The van der Waals surface area contributed by atoms with Crippen LogP contribution in [-0.4, -0.2) is 17.0 Å². The lowest BCUT2D eigenvalue weighted by molar-refractivity contribution is -0.142. The number of hydrogen-bond donors (Lipinski definition) is 1. The third-order valence-corrected chi connectivity index (χ3v) is 8.35. The van der Waals surface area contributed by atoms with Gasteiger partial charge in [-0.15, -0.1) is 0 Å². The van der Waals surface area contributed by atoms with Crippen LogP contribution in [0.4, 0.5) is 0 Å². The van der Waals surface area contributed by atoms with Gasteiger partial charge in [-0.2, -0.15) is 0 Å². The van der Waals surface area contributed by atoms with Crippen LogP contribution in [0.15, 0.2) is 0 Å². The molecule has 118 valence electrons. The summed E-state index contributed by atoms with van der Waals surface area (Å²) in [5, 5.41) is 10.0. The van der Waals surface area contributed by atoms with E-state index in [-0.39, 0.29) is 11.5 Å². The van der Waals surface area contributed by atoms with E-state index < -0.39 is 0 Å². The maximum atomic E-state index is 12.4. The molecule has 0 aromatic heterocycles. The number of aliphatic hydroxyl groups is 1. The molecular weight excluding hydrogens is 260 g/mol. The number of aliphatic hydroxyl groups excluding tert-OH is 1. The zero-order valence-corrected chi connectivity index (χ0v) is 13.6. The molecule has 0 saturated heterocycles. The Hall–Kier alpha value is -0.370. The van der Waals surface area contributed by atoms with Crippen LogP contribution < -0.4 is 0 Å². The summed E-state index contributed by atoms with van der Waals surface area (Å²) < 4.78 is 0. The van der Waals surface area contributed by atoms with E-state index in [0.717, 1.165) is 49.9 Å². The smallest absolute Gasteiger partial charge is 0.139 e. The van der Waals surface area contributed by atoms with Gasteiger partial charge in [0, 0.05) is 11.8 Å². The van der Waals surface area contributed by atoms with Gasteiger partial charge >= 0.3 is 0 Å². The van der Waals surface area contributed by atoms with Crippen molar-refractivity contribution in [2.24, 2.45) is 34.5 Å². The highest BCUT2D eigenvalue weighted by Crippen LogP contribution is 2.65. The summed E-state index contributed by atoms with van der Waals surface area (Å²) in [5.74, 6) is 3.54. The Bertz CT molecular complexity index is 458. The molecule has 0 aliphatic heterocycles. The Morgan fingerprint density at radius 1 is 1.00 bits per heavy atom. The summed E-state index contributed by atoms with van der Waals surface area (Å²) in [6.45, 7) is 4.78. The van der Waals surface area contributed by atoms with Crippen LogP contribution in [0, 0.1) is 34.5 Å². The molecule has 0 radical (unpaired) electrons. The van der Waals surface area contributed by atoms with E-state index in [9.17, 15) is 9.90 Å². The molecular formula is C19H30O2. The summed E-state index contributed by atoms with van der Waals surface area (Å²) in [4.78, 5) is 12.4. The van der Waals surface area contributed by atoms with Gasteiger partial charge in [-0.25, -0.2) is 0 Å². The molecule has 0 heterocycles. The van der Waals surface area contributed by atoms with E-state index in [1.54, 1.807) is 0 Å². The van der Waals surface area contributed by atoms with Crippen molar-refractivity contribution >= 4 is 5.78 Å². The molecule has 2 heteroatoms. The van der Waals surface area contributed by atoms with Crippen molar-refractivity contribution in [1.82, 2.24) is 0 Å². The average Bonchev–Trinajstić information content (AvgIpc) is 2.76. The van der Waals surface area contributed by atoms with Crippen LogP contribution >= 0.6 is 0 Å². The first-order valence-electron chi connectivity index (χ1n) is 9.16. The first-order valence-corrected chi connectivity index (χ1v) is 9.16. The second-order valence-electron chi connectivity index (χ2n) is 9.00. The van der Waals surface area contributed by atoms with Gasteiger partial charge in [0.1, 0.15) is 5.78 Å². The molecule has 7 atom stereocenters. The Morgan fingerprint density at radius 3 is 2.62 bits per heavy atom. The van der Waals surface area contributed by atoms with E-state index in [1.807, 2.05) is 0 Å². The lowest BCUT2D eigenvalue weighted by Gasteiger charge is -2.60. The third-order valence-electron chi connectivity index (χ3n) is 8.35. The van der Waals surface area contributed by atoms with Crippen molar-refractivity contribution in [3.8, 4) is 0 Å². The van der Waals surface area contributed by atoms with Gasteiger partial charge in [-0.05, 0) is 80.5 Å². The van der Waals surface area contributed by atoms with Crippen LogP contribution in [0.5, 0.6) is 0 Å². The third kappa shape index (κ3) is 1.84. The first kappa shape index (κ1) is 14.2. The molecule has 4 aliphatic carbocycles. The Kier molecular flexibility index (Phi) is 3.10. The van der Waals surface area contributed by atoms with Crippen molar-refractivity contribution in [3.63, 3.8) is 0 Å². The van der Waals surface area contributed by atoms with Gasteiger partial charge in [-0.1, -0.05) is 13.8 Å². The van der Waals surface area contributed by atoms with Gasteiger partial charge < -0.3 is 5.11 Å². The Labute approximate surface area is 128 Å². The van der Waals surface area contributed by atoms with E-state index in [2.05, 4.69) is 13.8 Å². The number of Topliss-reactive ketones (excluding diaryl/α,β-unsaturated/α-hetero) is 1. The minimum absolute atomic E-state index is 0.0124. The number of hydrogen-bond acceptors (Lipinski definition) is 2. The van der Waals surface area contributed by atoms with Gasteiger partial charge in [0.2, 0.25) is 0 Å². The molecule has 4 rings (SSSR count). The summed E-state index contributed by atoms with van der Waals surface area (Å²) in [7, 11) is 0. The number of carbonyl (C=O) groups excluding carboxylic acids is 1. The Balaban J connectivity index is 1.64. The van der Waals surface area contributed by atoms with Crippen LogP contribution in [0.3, 0.4) is 0 Å². The Morgan fingerprint density at radius 2 is 1.81 bits per heavy atom. The van der Waals surface area contributed by atoms with Crippen LogP contribution in [0.25, 0.3) is 0 Å². The number of carbonyl (C=O) groups is 1. The second kappa shape index (κ2) is 4.57. The average molecular weight is 290 g/mol. The van der Waals surface area contributed by atoms with Crippen molar-refractivity contribution in [1.29, 1.82) is 0 Å². The summed E-state index contributed by atoms with van der Waals surface area (Å²) >= 11 is 0. The molecule has 2 nitrogen and oxygen atoms in total. The number of ketones is 1. The predicted octanol–water partition coefficient (Wildman–Crippen LogP) is 3.96. The highest BCUT2D eigenvalue weighted by molar-refractivity contribution is 5.87. The highest BCUT2D eigenvalue weighted by atomic mass is 16.3. The van der Waals surface area contributed by atoms with Gasteiger partial charge in [0.05, 0.1) is 6.10 Å². The molecule has 0 amide bonds. The van der Waals surface area contributed by atoms with E-state index >= 15 is 0 Å². The second-order valence-corrected chi connectivity index (χ2v) is 9.00. The molecule has 0 bridgehead atoms. The molecule has 0 aromatic carbocycles. The number of rotatable bonds is 0. The lowest BCUT2D eigenvalue weighted by atomic mass is 9.45. The van der Waals surface area contributed by atoms with E-state index in [1.165, 1.54) is 25.7 Å². The minimum Gasteiger partial charge on any atom is -0.393 e. The predicted molar refractivity (Wildman–Crippen MR) is 82.7 cm³/mol. The quantitative estimate of drug-likeness (QED) is 0.733. The fourth-order valence-electron chi connectivity index (χ4n) is 7.01. The van der Waals surface area contributed by atoms with E-state index in [4.69, 9.17) is 0 Å². The van der Waals surface area contributed by atoms with Crippen LogP contribution in [0.2, 0.25) is 0 Å². The van der Waals surface area contributed by atoms with Crippen LogP contribution in [-0.2, 0) is 4.79 Å². The SMILES string of the molecule is C[C@]12CC[C@H](O)C[C@@H]1CC[C@H]1[C@H]3CCC(=O)[C@@]3(C)CC[C@@H]12. The van der Waals surface area contributed by atoms with Crippen molar-refractivity contribution in [2.75, 3.05) is 0 Å². The molecule has 21 heavy (non-hydrogen) atoms. The highest BCUT2D eigenvalue weighted by Gasteiger charge is 2.60. The summed E-state index contributed by atoms with van der Waals surface area (Å²) in [5.41, 5.74) is 0.452. The van der Waals surface area contributed by atoms with Gasteiger partial charge in [-0.3, -0.25) is 4.79 Å². The van der Waals surface area contributed by atoms with E-state index in [0.29, 0.717) is 17.1 Å². The zero-order chi connectivity index (χ0) is 14.8. The molecule has 4 aliphatic rings. The summed E-state index contributed by atoms with van der Waals surface area (Å²) in [6, 6.07) is 0. The molecule has 0 unspecified atom stereocenters. The fourth-order valence-corrected chi connectivity index (χ4v) is 7.01. The normalized spacial score (nSPS) is 56.5. The van der Waals surface area contributed by atoms with Crippen molar-refractivity contribution < 1.29 is 9.90 Å². The lowest BCUT2D eigenvalue weighted by Crippen LogP contribution is -2.54. The largest absolute Gasteiger partial charge is 0.393 e. The van der Waals surface area contributed by atoms with Gasteiger partial charge in [0.15, 0.2) is 0 Å². The standard InChI is InChI=1S/C19H30O2/c1-18-9-7-13(20)11-12(18)3-4-14-15-5-6-17(21)19(15,2)10-8-16(14)18/h12-16,20H,3-11H2,1-2H3/t12-,13-,14-,15+,16-,18-,19-/m0/s1. The maximum Gasteiger partial charge on any atom is 0.139 e. The minimum atomic E-state index is -0.0541. The fraction of sp³-hybridized carbons (Fsp3) is 0.947. The van der Waals surface area contributed by atoms with Crippen molar-refractivity contribution in [3.05, 3.63) is 0 Å². The molecule has 1 N–H and O–H groups in total. The molecule has 0 aromatic rings. The van der Waals surface area contributed by atoms with Gasteiger partial charge in [0.25, 0.3) is 0 Å². The van der Waals surface area contributed by atoms with Crippen LogP contribution in [0.1, 0.15) is 71.6 Å². The first-order chi connectivity index (χ1) is 9.95. The summed E-state index contributed by atoms with van der Waals surface area (Å²) in [6.07, 6.45) is 10.1.